The normalized spacial score (nSPS) is 17.3. The van der Waals surface area contributed by atoms with Crippen molar-refractivity contribution in [3.05, 3.63) is 29.5 Å². The minimum atomic E-state index is -0.164. The summed E-state index contributed by atoms with van der Waals surface area (Å²) in [6.45, 7) is 5.47. The van der Waals surface area contributed by atoms with E-state index >= 15 is 0 Å². The molecule has 0 radical (unpaired) electrons. The Labute approximate surface area is 133 Å². The molecule has 1 saturated heterocycles. The molecule has 1 amide bonds. The third-order valence-corrected chi connectivity index (χ3v) is 4.11. The fraction of sp³-hybridized carbons (Fsp3) is 0.467. The Bertz CT molecular complexity index is 737. The van der Waals surface area contributed by atoms with Gasteiger partial charge in [0, 0.05) is 24.8 Å². The second-order valence-electron chi connectivity index (χ2n) is 5.75. The van der Waals surface area contributed by atoms with Crippen LogP contribution in [0.2, 0.25) is 0 Å². The van der Waals surface area contributed by atoms with Gasteiger partial charge in [-0.1, -0.05) is 5.16 Å². The van der Waals surface area contributed by atoms with Gasteiger partial charge in [-0.2, -0.15) is 5.26 Å². The van der Waals surface area contributed by atoms with Crippen molar-refractivity contribution in [2.24, 2.45) is 5.92 Å². The average molecular weight is 314 g/mol. The van der Waals surface area contributed by atoms with E-state index in [4.69, 9.17) is 9.78 Å². The summed E-state index contributed by atoms with van der Waals surface area (Å²) in [5, 5.41) is 15.6. The van der Waals surface area contributed by atoms with Crippen molar-refractivity contribution in [1.82, 2.24) is 19.6 Å². The molecular weight excluding hydrogens is 296 g/mol. The number of carbonyl (C=O) groups excluding carboxylic acids is 1. The number of nitrogens with zero attached hydrogens (tertiary/aromatic N) is 5. The first kappa shape index (κ1) is 15.1. The quantitative estimate of drug-likeness (QED) is 0.853. The number of likely N-dealkylation sites (tertiary alicyclic amines) is 1. The molecule has 1 aliphatic rings. The van der Waals surface area contributed by atoms with E-state index in [0.29, 0.717) is 31.9 Å². The number of anilines is 1. The SMILES string of the molecule is Cc1noc(C)c1Cn1cnc(NC(=O)[C@H]2CCN(C#N)C2)c1. The Morgan fingerprint density at radius 3 is 3.04 bits per heavy atom. The van der Waals surface area contributed by atoms with Gasteiger partial charge in [-0.15, -0.1) is 0 Å². The predicted molar refractivity (Wildman–Crippen MR) is 81.2 cm³/mol. The number of hydrogen-bond acceptors (Lipinski definition) is 6. The van der Waals surface area contributed by atoms with E-state index in [1.807, 2.05) is 18.4 Å². The zero-order chi connectivity index (χ0) is 16.4. The van der Waals surface area contributed by atoms with Crippen LogP contribution < -0.4 is 5.32 Å². The van der Waals surface area contributed by atoms with E-state index < -0.39 is 0 Å². The fourth-order valence-electron chi connectivity index (χ4n) is 2.71. The molecule has 120 valence electrons. The lowest BCUT2D eigenvalue weighted by atomic mass is 10.1. The molecule has 8 nitrogen and oxygen atoms in total. The predicted octanol–water partition coefficient (Wildman–Crippen LogP) is 1.28. The largest absolute Gasteiger partial charge is 0.361 e. The molecule has 0 saturated carbocycles. The number of hydrogen-bond donors (Lipinski definition) is 1. The van der Waals surface area contributed by atoms with E-state index in [0.717, 1.165) is 17.0 Å². The molecule has 3 heterocycles. The zero-order valence-electron chi connectivity index (χ0n) is 13.1. The highest BCUT2D eigenvalue weighted by molar-refractivity contribution is 5.91. The van der Waals surface area contributed by atoms with E-state index in [2.05, 4.69) is 21.7 Å². The molecule has 3 rings (SSSR count). The van der Waals surface area contributed by atoms with Crippen molar-refractivity contribution in [1.29, 1.82) is 5.26 Å². The Morgan fingerprint density at radius 1 is 1.57 bits per heavy atom. The Hall–Kier alpha value is -2.82. The zero-order valence-corrected chi connectivity index (χ0v) is 13.1. The maximum atomic E-state index is 12.2. The second kappa shape index (κ2) is 6.12. The molecule has 2 aromatic rings. The van der Waals surface area contributed by atoms with E-state index in [1.54, 1.807) is 17.4 Å². The summed E-state index contributed by atoms with van der Waals surface area (Å²) in [5.41, 5.74) is 1.87. The molecule has 0 unspecified atom stereocenters. The molecule has 0 spiro atoms. The number of rotatable bonds is 4. The molecule has 2 aromatic heterocycles. The number of aryl methyl sites for hydroxylation is 2. The first-order valence-electron chi connectivity index (χ1n) is 7.46. The first-order chi connectivity index (χ1) is 11.1. The first-order valence-corrected chi connectivity index (χ1v) is 7.46. The topological polar surface area (TPSA) is 100.0 Å². The van der Waals surface area contributed by atoms with Crippen LogP contribution in [0.3, 0.4) is 0 Å². The van der Waals surface area contributed by atoms with Crippen molar-refractivity contribution in [2.45, 2.75) is 26.8 Å². The smallest absolute Gasteiger partial charge is 0.230 e. The van der Waals surface area contributed by atoms with Gasteiger partial charge in [0.15, 0.2) is 12.0 Å². The van der Waals surface area contributed by atoms with Crippen LogP contribution >= 0.6 is 0 Å². The average Bonchev–Trinajstić information content (AvgIpc) is 3.24. The molecular formula is C15H18N6O2. The molecule has 1 fully saturated rings. The van der Waals surface area contributed by atoms with Gasteiger partial charge in [-0.05, 0) is 20.3 Å². The van der Waals surface area contributed by atoms with Crippen LogP contribution in [-0.2, 0) is 11.3 Å². The van der Waals surface area contributed by atoms with Crippen molar-refractivity contribution < 1.29 is 9.32 Å². The van der Waals surface area contributed by atoms with Gasteiger partial charge in [0.25, 0.3) is 0 Å². The maximum absolute atomic E-state index is 12.2. The second-order valence-corrected chi connectivity index (χ2v) is 5.75. The van der Waals surface area contributed by atoms with Crippen molar-refractivity contribution in [3.63, 3.8) is 0 Å². The minimum Gasteiger partial charge on any atom is -0.361 e. The molecule has 0 bridgehead atoms. The summed E-state index contributed by atoms with van der Waals surface area (Å²) in [4.78, 5) is 18.0. The van der Waals surface area contributed by atoms with Gasteiger partial charge in [0.2, 0.25) is 5.91 Å². The van der Waals surface area contributed by atoms with Gasteiger partial charge >= 0.3 is 0 Å². The Kier molecular flexibility index (Phi) is 4.02. The third kappa shape index (κ3) is 3.18. The third-order valence-electron chi connectivity index (χ3n) is 4.11. The lowest BCUT2D eigenvalue weighted by Gasteiger charge is -2.08. The number of carbonyl (C=O) groups is 1. The Morgan fingerprint density at radius 2 is 2.39 bits per heavy atom. The van der Waals surface area contributed by atoms with Gasteiger partial charge in [-0.25, -0.2) is 4.98 Å². The van der Waals surface area contributed by atoms with E-state index in [1.165, 1.54) is 0 Å². The summed E-state index contributed by atoms with van der Waals surface area (Å²) in [7, 11) is 0. The maximum Gasteiger partial charge on any atom is 0.230 e. The van der Waals surface area contributed by atoms with E-state index in [-0.39, 0.29) is 11.8 Å². The van der Waals surface area contributed by atoms with Crippen molar-refractivity contribution in [3.8, 4) is 6.19 Å². The van der Waals surface area contributed by atoms with Crippen molar-refractivity contribution in [2.75, 3.05) is 18.4 Å². The highest BCUT2D eigenvalue weighted by Gasteiger charge is 2.28. The summed E-state index contributed by atoms with van der Waals surface area (Å²) in [5.74, 6) is 1.04. The number of amides is 1. The van der Waals surface area contributed by atoms with Gasteiger partial charge < -0.3 is 19.3 Å². The van der Waals surface area contributed by atoms with Crippen LogP contribution in [0.1, 0.15) is 23.4 Å². The number of nitriles is 1. The van der Waals surface area contributed by atoms with Gasteiger partial charge in [0.05, 0.1) is 24.5 Å². The fourth-order valence-corrected chi connectivity index (χ4v) is 2.71. The van der Waals surface area contributed by atoms with Crippen molar-refractivity contribution >= 4 is 11.7 Å². The molecule has 1 N–H and O–H groups in total. The summed E-state index contributed by atoms with van der Waals surface area (Å²) in [6.07, 6.45) is 6.21. The standard InChI is InChI=1S/C15H18N6O2/c1-10-13(11(2)23-19-10)6-21-7-14(17-9-21)18-15(22)12-3-4-20(5-12)8-16/h7,9,12H,3-6H2,1-2H3,(H,18,22)/t12-/m0/s1. The summed E-state index contributed by atoms with van der Waals surface area (Å²) >= 11 is 0. The summed E-state index contributed by atoms with van der Waals surface area (Å²) in [6, 6.07) is 0. The van der Waals surface area contributed by atoms with Crippen LogP contribution in [0.4, 0.5) is 5.82 Å². The van der Waals surface area contributed by atoms with Gasteiger partial charge in [0.1, 0.15) is 5.76 Å². The number of aromatic nitrogens is 3. The van der Waals surface area contributed by atoms with Crippen LogP contribution in [-0.4, -0.2) is 38.6 Å². The van der Waals surface area contributed by atoms with Gasteiger partial charge in [-0.3, -0.25) is 4.79 Å². The number of nitrogens with one attached hydrogen (secondary N) is 1. The molecule has 0 aliphatic carbocycles. The van der Waals surface area contributed by atoms with Crippen LogP contribution in [0, 0.1) is 31.2 Å². The lowest BCUT2D eigenvalue weighted by Crippen LogP contribution is -2.25. The summed E-state index contributed by atoms with van der Waals surface area (Å²) < 4.78 is 7.02. The monoisotopic (exact) mass is 314 g/mol. The molecule has 0 aromatic carbocycles. The van der Waals surface area contributed by atoms with Crippen LogP contribution in [0.15, 0.2) is 17.0 Å². The Balaban J connectivity index is 1.62. The van der Waals surface area contributed by atoms with Crippen LogP contribution in [0.5, 0.6) is 0 Å². The molecule has 23 heavy (non-hydrogen) atoms. The minimum absolute atomic E-state index is 0.0923. The van der Waals surface area contributed by atoms with Crippen LogP contribution in [0.25, 0.3) is 0 Å². The molecule has 1 aliphatic heterocycles. The van der Waals surface area contributed by atoms with E-state index in [9.17, 15) is 4.79 Å². The molecule has 1 atom stereocenters. The molecule has 8 heteroatoms. The highest BCUT2D eigenvalue weighted by Crippen LogP contribution is 2.18. The highest BCUT2D eigenvalue weighted by atomic mass is 16.5. The number of imidazole rings is 1. The lowest BCUT2D eigenvalue weighted by molar-refractivity contribution is -0.119.